The van der Waals surface area contributed by atoms with E-state index in [1.54, 1.807) is 17.9 Å². The van der Waals surface area contributed by atoms with Gasteiger partial charge in [0.1, 0.15) is 0 Å². The third-order valence-electron chi connectivity index (χ3n) is 3.05. The molecule has 0 atom stereocenters. The minimum absolute atomic E-state index is 0.193. The molecule has 1 aromatic heterocycles. The number of hydrogen-bond donors (Lipinski definition) is 2. The summed E-state index contributed by atoms with van der Waals surface area (Å²) in [6.07, 6.45) is 3.38. The van der Waals surface area contributed by atoms with Gasteiger partial charge in [-0.2, -0.15) is 5.10 Å². The molecule has 16 heavy (non-hydrogen) atoms. The van der Waals surface area contributed by atoms with Gasteiger partial charge >= 0.3 is 0 Å². The van der Waals surface area contributed by atoms with Crippen LogP contribution in [-0.2, 0) is 7.05 Å². The second-order valence-corrected chi connectivity index (χ2v) is 4.33. The molecule has 0 aromatic carbocycles. The number of carbonyl (C=O) groups is 1. The van der Waals surface area contributed by atoms with Crippen molar-refractivity contribution in [2.75, 3.05) is 5.73 Å². The zero-order valence-electron chi connectivity index (χ0n) is 10.4. The fraction of sp³-hybridized carbons (Fsp3) is 0.636. The van der Waals surface area contributed by atoms with Gasteiger partial charge < -0.3 is 11.1 Å². The first-order valence-corrected chi connectivity index (χ1v) is 5.53. The van der Waals surface area contributed by atoms with Gasteiger partial charge in [-0.15, -0.1) is 0 Å². The molecule has 5 nitrogen and oxygen atoms in total. The van der Waals surface area contributed by atoms with E-state index < -0.39 is 0 Å². The van der Waals surface area contributed by atoms with Gasteiger partial charge in [0.05, 0.1) is 5.69 Å². The maximum atomic E-state index is 11.9. The number of nitrogens with one attached hydrogen (secondary N) is 1. The molecule has 3 N–H and O–H groups in total. The molecule has 0 aliphatic rings. The minimum atomic E-state index is -0.204. The molecule has 1 rings (SSSR count). The molecule has 0 bridgehead atoms. The lowest BCUT2D eigenvalue weighted by atomic mass is 9.95. The normalized spacial score (nSPS) is 11.5. The summed E-state index contributed by atoms with van der Waals surface area (Å²) < 4.78 is 1.54. The summed E-state index contributed by atoms with van der Waals surface area (Å²) in [5.74, 6) is -0.204. The van der Waals surface area contributed by atoms with E-state index in [4.69, 9.17) is 5.73 Å². The summed E-state index contributed by atoms with van der Waals surface area (Å²) in [5.41, 5.74) is 6.22. The SMILES string of the molecule is CCC(C)(CC)NC(=O)c1nn(C)cc1N. The van der Waals surface area contributed by atoms with Gasteiger partial charge in [0.2, 0.25) is 0 Å². The van der Waals surface area contributed by atoms with Crippen LogP contribution in [0.3, 0.4) is 0 Å². The minimum Gasteiger partial charge on any atom is -0.396 e. The number of nitrogen functional groups attached to an aromatic ring is 1. The number of nitrogens with zero attached hydrogens (tertiary/aromatic N) is 2. The smallest absolute Gasteiger partial charge is 0.274 e. The Hall–Kier alpha value is -1.52. The average molecular weight is 224 g/mol. The zero-order valence-corrected chi connectivity index (χ0v) is 10.4. The number of aromatic nitrogens is 2. The van der Waals surface area contributed by atoms with Gasteiger partial charge in [-0.1, -0.05) is 13.8 Å². The Kier molecular flexibility index (Phi) is 3.57. The van der Waals surface area contributed by atoms with Crippen molar-refractivity contribution in [3.8, 4) is 0 Å². The standard InChI is InChI=1S/C11H20N4O/c1-5-11(3,6-2)13-10(16)9-8(12)7-15(4)14-9/h7H,5-6,12H2,1-4H3,(H,13,16). The van der Waals surface area contributed by atoms with Crippen molar-refractivity contribution >= 4 is 11.6 Å². The van der Waals surface area contributed by atoms with Crippen LogP contribution in [0.1, 0.15) is 44.1 Å². The summed E-state index contributed by atoms with van der Waals surface area (Å²) in [6, 6.07) is 0. The molecular weight excluding hydrogens is 204 g/mol. The van der Waals surface area contributed by atoms with Crippen molar-refractivity contribution in [2.24, 2.45) is 7.05 Å². The predicted octanol–water partition coefficient (Wildman–Crippen LogP) is 1.31. The van der Waals surface area contributed by atoms with Gasteiger partial charge in [-0.05, 0) is 19.8 Å². The van der Waals surface area contributed by atoms with Crippen LogP contribution < -0.4 is 11.1 Å². The van der Waals surface area contributed by atoms with Gasteiger partial charge in [0, 0.05) is 18.8 Å². The van der Waals surface area contributed by atoms with Crippen LogP contribution >= 0.6 is 0 Å². The molecule has 1 amide bonds. The Labute approximate surface area is 96.0 Å². The summed E-state index contributed by atoms with van der Waals surface area (Å²) >= 11 is 0. The fourth-order valence-corrected chi connectivity index (χ4v) is 1.44. The number of nitrogens with two attached hydrogens (primary N) is 1. The molecule has 0 radical (unpaired) electrons. The van der Waals surface area contributed by atoms with Crippen molar-refractivity contribution in [1.29, 1.82) is 0 Å². The van der Waals surface area contributed by atoms with Crippen LogP contribution in [0.4, 0.5) is 5.69 Å². The van der Waals surface area contributed by atoms with Crippen molar-refractivity contribution in [2.45, 2.75) is 39.2 Å². The molecule has 0 saturated carbocycles. The molecule has 90 valence electrons. The Bertz CT molecular complexity index is 379. The molecule has 0 unspecified atom stereocenters. The van der Waals surface area contributed by atoms with Crippen LogP contribution in [0.15, 0.2) is 6.20 Å². The van der Waals surface area contributed by atoms with Crippen LogP contribution in [0, 0.1) is 0 Å². The van der Waals surface area contributed by atoms with Gasteiger partial charge in [-0.3, -0.25) is 9.48 Å². The second kappa shape index (κ2) is 4.55. The summed E-state index contributed by atoms with van der Waals surface area (Å²) in [4.78, 5) is 11.9. The largest absolute Gasteiger partial charge is 0.396 e. The van der Waals surface area contributed by atoms with Crippen LogP contribution in [-0.4, -0.2) is 21.2 Å². The van der Waals surface area contributed by atoms with Gasteiger partial charge in [-0.25, -0.2) is 0 Å². The molecule has 0 spiro atoms. The topological polar surface area (TPSA) is 72.9 Å². The molecule has 0 aliphatic carbocycles. The molecule has 0 saturated heterocycles. The lowest BCUT2D eigenvalue weighted by molar-refractivity contribution is 0.0896. The van der Waals surface area contributed by atoms with E-state index in [-0.39, 0.29) is 11.4 Å². The lowest BCUT2D eigenvalue weighted by Crippen LogP contribution is -2.45. The highest BCUT2D eigenvalue weighted by molar-refractivity contribution is 5.97. The van der Waals surface area contributed by atoms with E-state index in [0.29, 0.717) is 11.4 Å². The molecule has 1 aromatic rings. The Morgan fingerprint density at radius 3 is 2.50 bits per heavy atom. The average Bonchev–Trinajstić information content (AvgIpc) is 2.57. The van der Waals surface area contributed by atoms with Crippen molar-refractivity contribution in [3.63, 3.8) is 0 Å². The van der Waals surface area contributed by atoms with E-state index in [1.165, 1.54) is 0 Å². The first-order valence-electron chi connectivity index (χ1n) is 5.53. The van der Waals surface area contributed by atoms with E-state index in [0.717, 1.165) is 12.8 Å². The number of hydrogen-bond acceptors (Lipinski definition) is 3. The van der Waals surface area contributed by atoms with Gasteiger partial charge in [0.25, 0.3) is 5.91 Å². The number of aryl methyl sites for hydroxylation is 1. The van der Waals surface area contributed by atoms with E-state index in [1.807, 2.05) is 20.8 Å². The maximum absolute atomic E-state index is 11.9. The van der Waals surface area contributed by atoms with E-state index in [9.17, 15) is 4.79 Å². The van der Waals surface area contributed by atoms with E-state index >= 15 is 0 Å². The zero-order chi connectivity index (χ0) is 12.3. The highest BCUT2D eigenvalue weighted by Crippen LogP contribution is 2.16. The van der Waals surface area contributed by atoms with Crippen LogP contribution in [0.5, 0.6) is 0 Å². The number of carbonyl (C=O) groups excluding carboxylic acids is 1. The van der Waals surface area contributed by atoms with E-state index in [2.05, 4.69) is 10.4 Å². The van der Waals surface area contributed by atoms with Crippen molar-refractivity contribution in [3.05, 3.63) is 11.9 Å². The monoisotopic (exact) mass is 224 g/mol. The molecule has 0 fully saturated rings. The Balaban J connectivity index is 2.84. The first-order chi connectivity index (χ1) is 7.41. The summed E-state index contributed by atoms with van der Waals surface area (Å²) in [5, 5.41) is 7.01. The molecule has 1 heterocycles. The Morgan fingerprint density at radius 1 is 1.56 bits per heavy atom. The number of amides is 1. The summed E-state index contributed by atoms with van der Waals surface area (Å²) in [6.45, 7) is 6.11. The molecule has 5 heteroatoms. The van der Waals surface area contributed by atoms with Crippen molar-refractivity contribution in [1.82, 2.24) is 15.1 Å². The number of rotatable bonds is 4. The number of anilines is 1. The molecule has 0 aliphatic heterocycles. The van der Waals surface area contributed by atoms with Crippen LogP contribution in [0.2, 0.25) is 0 Å². The summed E-state index contributed by atoms with van der Waals surface area (Å²) in [7, 11) is 1.74. The highest BCUT2D eigenvalue weighted by Gasteiger charge is 2.24. The van der Waals surface area contributed by atoms with Crippen molar-refractivity contribution < 1.29 is 4.79 Å². The second-order valence-electron chi connectivity index (χ2n) is 4.33. The lowest BCUT2D eigenvalue weighted by Gasteiger charge is -2.27. The quantitative estimate of drug-likeness (QED) is 0.810. The fourth-order valence-electron chi connectivity index (χ4n) is 1.44. The first kappa shape index (κ1) is 12.5. The predicted molar refractivity (Wildman–Crippen MR) is 64.1 cm³/mol. The third-order valence-corrected chi connectivity index (χ3v) is 3.05. The molecular formula is C11H20N4O. The third kappa shape index (κ3) is 2.53. The van der Waals surface area contributed by atoms with Crippen LogP contribution in [0.25, 0.3) is 0 Å². The Morgan fingerprint density at radius 2 is 2.12 bits per heavy atom. The maximum Gasteiger partial charge on any atom is 0.274 e. The van der Waals surface area contributed by atoms with Gasteiger partial charge in [0.15, 0.2) is 5.69 Å². The highest BCUT2D eigenvalue weighted by atomic mass is 16.2.